The van der Waals surface area contributed by atoms with E-state index >= 15 is 0 Å². The van der Waals surface area contributed by atoms with Gasteiger partial charge >= 0.3 is 0 Å². The van der Waals surface area contributed by atoms with E-state index in [9.17, 15) is 0 Å². The van der Waals surface area contributed by atoms with Crippen molar-refractivity contribution in [3.05, 3.63) is 83.7 Å². The highest BCUT2D eigenvalue weighted by atomic mass is 15.0. The zero-order valence-corrected chi connectivity index (χ0v) is 13.6. The van der Waals surface area contributed by atoms with Gasteiger partial charge in [-0.2, -0.15) is 0 Å². The van der Waals surface area contributed by atoms with Gasteiger partial charge in [-0.15, -0.1) is 0 Å². The molecule has 1 unspecified atom stereocenters. The smallest absolute Gasteiger partial charge is 0.0608 e. The number of nitrogens with zero attached hydrogens (tertiary/aromatic N) is 1. The van der Waals surface area contributed by atoms with Crippen LogP contribution in [-0.2, 0) is 12.8 Å². The molecule has 0 amide bonds. The van der Waals surface area contributed by atoms with Gasteiger partial charge in [0.05, 0.1) is 11.7 Å². The molecule has 0 radical (unpaired) electrons. The average Bonchev–Trinajstić information content (AvgIpc) is 2.63. The lowest BCUT2D eigenvalue weighted by atomic mass is 9.94. The number of aromatic nitrogens is 1. The highest BCUT2D eigenvalue weighted by molar-refractivity contribution is 5.65. The Balaban J connectivity index is 1.53. The van der Waals surface area contributed by atoms with Gasteiger partial charge in [0.15, 0.2) is 0 Å². The van der Waals surface area contributed by atoms with Gasteiger partial charge in [0.25, 0.3) is 0 Å². The van der Waals surface area contributed by atoms with Crippen molar-refractivity contribution < 1.29 is 0 Å². The van der Waals surface area contributed by atoms with Crippen molar-refractivity contribution in [3.8, 4) is 11.1 Å². The number of anilines is 1. The molecule has 3 nitrogen and oxygen atoms in total. The number of nitrogen functional groups attached to an aromatic ring is 1. The van der Waals surface area contributed by atoms with Gasteiger partial charge in [0, 0.05) is 11.9 Å². The lowest BCUT2D eigenvalue weighted by molar-refractivity contribution is 0.489. The third kappa shape index (κ3) is 3.03. The van der Waals surface area contributed by atoms with Crippen LogP contribution in [0.15, 0.2) is 66.9 Å². The van der Waals surface area contributed by atoms with Crippen LogP contribution in [0.25, 0.3) is 11.1 Å². The fourth-order valence-corrected chi connectivity index (χ4v) is 3.37. The van der Waals surface area contributed by atoms with Crippen LogP contribution in [0.2, 0.25) is 0 Å². The standard InChI is InChI=1S/C21H21N3/c22-19-9-7-17(8-10-19)16-5-3-15(4-6-16)14-20-21-18(11-13-23-20)2-1-12-24-21/h1-10,12,20,23H,11,13-14,22H2. The Hall–Kier alpha value is -2.65. The first-order chi connectivity index (χ1) is 11.8. The maximum absolute atomic E-state index is 5.76. The fourth-order valence-electron chi connectivity index (χ4n) is 3.37. The number of nitrogens with two attached hydrogens (primary N) is 1. The van der Waals surface area contributed by atoms with Gasteiger partial charge in [0.2, 0.25) is 0 Å². The summed E-state index contributed by atoms with van der Waals surface area (Å²) in [5, 5.41) is 3.60. The maximum Gasteiger partial charge on any atom is 0.0608 e. The van der Waals surface area contributed by atoms with Crippen molar-refractivity contribution in [1.29, 1.82) is 0 Å². The molecule has 24 heavy (non-hydrogen) atoms. The molecule has 2 heterocycles. The predicted molar refractivity (Wildman–Crippen MR) is 98.7 cm³/mol. The minimum atomic E-state index is 0.303. The first-order valence-corrected chi connectivity index (χ1v) is 8.41. The second kappa shape index (κ2) is 6.46. The first-order valence-electron chi connectivity index (χ1n) is 8.41. The molecule has 3 aromatic rings. The molecular weight excluding hydrogens is 294 g/mol. The van der Waals surface area contributed by atoms with Gasteiger partial charge in [-0.3, -0.25) is 4.98 Å². The zero-order chi connectivity index (χ0) is 16.4. The number of pyridine rings is 1. The van der Waals surface area contributed by atoms with E-state index < -0.39 is 0 Å². The second-order valence-corrected chi connectivity index (χ2v) is 6.33. The normalized spacial score (nSPS) is 16.6. The lowest BCUT2D eigenvalue weighted by Gasteiger charge is -2.25. The van der Waals surface area contributed by atoms with Gasteiger partial charge in [-0.25, -0.2) is 0 Å². The van der Waals surface area contributed by atoms with Gasteiger partial charge in [-0.05, 0) is 59.8 Å². The molecule has 3 heteroatoms. The first kappa shape index (κ1) is 14.9. The summed E-state index contributed by atoms with van der Waals surface area (Å²) in [6.07, 6.45) is 3.92. The quantitative estimate of drug-likeness (QED) is 0.724. The molecule has 0 bridgehead atoms. The molecule has 0 aliphatic carbocycles. The Morgan fingerprint density at radius 2 is 1.67 bits per heavy atom. The summed E-state index contributed by atoms with van der Waals surface area (Å²) in [6.45, 7) is 1.02. The lowest BCUT2D eigenvalue weighted by Crippen LogP contribution is -2.32. The third-order valence-corrected chi connectivity index (χ3v) is 4.68. The molecule has 1 aliphatic rings. The van der Waals surface area contributed by atoms with Crippen molar-refractivity contribution in [2.24, 2.45) is 0 Å². The Morgan fingerprint density at radius 3 is 2.42 bits per heavy atom. The number of hydrogen-bond donors (Lipinski definition) is 2. The number of benzene rings is 2. The van der Waals surface area contributed by atoms with Crippen molar-refractivity contribution >= 4 is 5.69 Å². The summed E-state index contributed by atoms with van der Waals surface area (Å²) in [4.78, 5) is 4.60. The average molecular weight is 315 g/mol. The van der Waals surface area contributed by atoms with E-state index in [4.69, 9.17) is 5.73 Å². The minimum absolute atomic E-state index is 0.303. The molecular formula is C21H21N3. The maximum atomic E-state index is 5.76. The number of nitrogens with one attached hydrogen (secondary N) is 1. The van der Waals surface area contributed by atoms with Gasteiger partial charge in [-0.1, -0.05) is 42.5 Å². The molecule has 0 spiro atoms. The Bertz CT molecular complexity index is 822. The molecule has 0 saturated heterocycles. The Labute approximate surface area is 142 Å². The molecule has 1 aromatic heterocycles. The molecule has 0 fully saturated rings. The molecule has 0 saturated carbocycles. The van der Waals surface area contributed by atoms with E-state index in [0.29, 0.717) is 6.04 Å². The van der Waals surface area contributed by atoms with Crippen molar-refractivity contribution in [2.45, 2.75) is 18.9 Å². The predicted octanol–water partition coefficient (Wildman–Crippen LogP) is 3.76. The zero-order valence-electron chi connectivity index (χ0n) is 13.6. The summed E-state index contributed by atoms with van der Waals surface area (Å²) < 4.78 is 0. The van der Waals surface area contributed by atoms with Crippen LogP contribution >= 0.6 is 0 Å². The van der Waals surface area contributed by atoms with Crippen LogP contribution in [0, 0.1) is 0 Å². The monoisotopic (exact) mass is 315 g/mol. The molecule has 1 atom stereocenters. The van der Waals surface area contributed by atoms with E-state index in [0.717, 1.165) is 25.1 Å². The number of hydrogen-bond acceptors (Lipinski definition) is 3. The highest BCUT2D eigenvalue weighted by Gasteiger charge is 2.20. The third-order valence-electron chi connectivity index (χ3n) is 4.68. The Morgan fingerprint density at radius 1 is 0.958 bits per heavy atom. The molecule has 1 aliphatic heterocycles. The van der Waals surface area contributed by atoms with Gasteiger partial charge in [0.1, 0.15) is 0 Å². The van der Waals surface area contributed by atoms with Gasteiger partial charge < -0.3 is 11.1 Å². The second-order valence-electron chi connectivity index (χ2n) is 6.33. The van der Waals surface area contributed by atoms with Crippen LogP contribution in [0.5, 0.6) is 0 Å². The Kier molecular flexibility index (Phi) is 4.01. The van der Waals surface area contributed by atoms with Crippen LogP contribution in [-0.4, -0.2) is 11.5 Å². The molecule has 3 N–H and O–H groups in total. The summed E-state index contributed by atoms with van der Waals surface area (Å²) in [5.74, 6) is 0. The summed E-state index contributed by atoms with van der Waals surface area (Å²) >= 11 is 0. The minimum Gasteiger partial charge on any atom is -0.399 e. The van der Waals surface area contributed by atoms with Crippen molar-refractivity contribution in [2.75, 3.05) is 12.3 Å². The number of rotatable bonds is 3. The van der Waals surface area contributed by atoms with Crippen LogP contribution in [0.1, 0.15) is 22.9 Å². The van der Waals surface area contributed by atoms with E-state index in [2.05, 4.69) is 52.8 Å². The van der Waals surface area contributed by atoms with E-state index in [-0.39, 0.29) is 0 Å². The summed E-state index contributed by atoms with van der Waals surface area (Å²) in [6, 6.07) is 21.3. The summed E-state index contributed by atoms with van der Waals surface area (Å²) in [5.41, 5.74) is 12.9. The van der Waals surface area contributed by atoms with E-state index in [1.54, 1.807) is 0 Å². The summed E-state index contributed by atoms with van der Waals surface area (Å²) in [7, 11) is 0. The highest BCUT2D eigenvalue weighted by Crippen LogP contribution is 2.26. The van der Waals surface area contributed by atoms with Crippen molar-refractivity contribution in [3.63, 3.8) is 0 Å². The van der Waals surface area contributed by atoms with Crippen molar-refractivity contribution in [1.82, 2.24) is 10.3 Å². The van der Waals surface area contributed by atoms with Crippen LogP contribution in [0.4, 0.5) is 5.69 Å². The van der Waals surface area contributed by atoms with Crippen LogP contribution < -0.4 is 11.1 Å². The van der Waals surface area contributed by atoms with E-state index in [1.165, 1.54) is 27.9 Å². The fraction of sp³-hybridized carbons (Fsp3) is 0.190. The van der Waals surface area contributed by atoms with E-state index in [1.807, 2.05) is 24.4 Å². The molecule has 120 valence electrons. The topological polar surface area (TPSA) is 50.9 Å². The number of fused-ring (bicyclic) bond motifs is 1. The molecule has 2 aromatic carbocycles. The SMILES string of the molecule is Nc1ccc(-c2ccc(CC3NCCc4cccnc43)cc2)cc1. The largest absolute Gasteiger partial charge is 0.399 e. The molecule has 4 rings (SSSR count). The van der Waals surface area contributed by atoms with Crippen LogP contribution in [0.3, 0.4) is 0 Å².